The summed E-state index contributed by atoms with van der Waals surface area (Å²) in [4.78, 5) is 73.8. The molecule has 1 amide bonds. The largest absolute Gasteiger partial charge is 0.460 e. The van der Waals surface area contributed by atoms with E-state index in [1.165, 1.54) is 19.1 Å². The quantitative estimate of drug-likeness (QED) is 0.0821. The molecule has 0 spiro atoms. The van der Waals surface area contributed by atoms with Crippen LogP contribution in [0.1, 0.15) is 132 Å². The van der Waals surface area contributed by atoms with Gasteiger partial charge >= 0.3 is 5.97 Å². The molecule has 2 unspecified atom stereocenters. The number of carbonyl (C=O) groups is 5. The van der Waals surface area contributed by atoms with Gasteiger partial charge in [-0.05, 0) is 113 Å². The van der Waals surface area contributed by atoms with Crippen LogP contribution in [-0.2, 0) is 66.6 Å². The number of carbonyl (C=O) groups excluding carboxylic acids is 5. The Morgan fingerprint density at radius 2 is 1.63 bits per heavy atom. The molecule has 0 aromatic heterocycles. The van der Waals surface area contributed by atoms with E-state index in [9.17, 15) is 34.2 Å². The number of esters is 1. The molecular weight excluding hydrogens is 979 g/mol. The molecule has 0 aromatic carbocycles. The summed E-state index contributed by atoms with van der Waals surface area (Å²) in [6, 6.07) is -1.11. The van der Waals surface area contributed by atoms with Gasteiger partial charge in [0.1, 0.15) is 36.2 Å². The topological polar surface area (TPSA) is 212 Å². The zero-order valence-electron chi connectivity index (χ0n) is 47.3. The van der Waals surface area contributed by atoms with Gasteiger partial charge in [-0.3, -0.25) is 19.2 Å². The molecule has 2 bridgehead atoms. The normalized spacial score (nSPS) is 38.5. The van der Waals surface area contributed by atoms with Crippen LogP contribution >= 0.6 is 0 Å². The second kappa shape index (κ2) is 31.3. The molecule has 5 rings (SSSR count). The molecule has 430 valence electrons. The van der Waals surface area contributed by atoms with Crippen LogP contribution in [0, 0.1) is 35.5 Å². The van der Waals surface area contributed by atoms with Gasteiger partial charge < -0.3 is 57.7 Å². The fourth-order valence-electron chi connectivity index (χ4n) is 11.7. The number of cyclic esters (lactones) is 1. The minimum absolute atomic E-state index is 0.00181. The number of hydrogen-bond acceptors (Lipinski definition) is 16. The first-order chi connectivity index (χ1) is 36.4. The van der Waals surface area contributed by atoms with E-state index in [1.54, 1.807) is 27.0 Å². The average Bonchev–Trinajstić information content (AvgIpc) is 3.43. The molecule has 4 heterocycles. The highest BCUT2D eigenvalue weighted by Gasteiger charge is 2.55. The summed E-state index contributed by atoms with van der Waals surface area (Å²) in [5.41, 5.74) is 1.29. The zero-order chi connectivity index (χ0) is 55.5. The highest BCUT2D eigenvalue weighted by molar-refractivity contribution is 6.39. The van der Waals surface area contributed by atoms with Gasteiger partial charge in [-0.1, -0.05) is 71.1 Å². The second-order valence-corrected chi connectivity index (χ2v) is 22.4. The highest BCUT2D eigenvalue weighted by Crippen LogP contribution is 2.40. The summed E-state index contributed by atoms with van der Waals surface area (Å²) < 4.78 is 54.8. The third kappa shape index (κ3) is 17.5. The standard InChI is InChI=1S/C59H93NO16/c1-37-17-12-11-13-18-38(2)50(74-36-46-35-71-27-28-72-46)33-45-22-20-43(7)59(70-10,76-45)56(65)57(66)60-24-15-14-19-47(60)58(67)75-51(40(4)31-44-21-23-49(52(32-44)68-8)73-26-16-25-61)34-48(62)39(3)30-42(6)54(64)55(69-9)53(63)41(5)29-37/h11-13,17-18,30,37,39-41,43-47,49-52,54-55,61,64H,14-16,19-29,31-36H2,1-10H3/b13-11+,17-12+,38-18+,42-30+/t37-,39-,40-,41-,43-,44+,45+,46?,47+,49-,50-,51+,52-,54-,55+,59?/m1/s1. The molecular formula is C59H93NO16. The first-order valence-corrected chi connectivity index (χ1v) is 28.2. The van der Waals surface area contributed by atoms with E-state index in [0.717, 1.165) is 18.4 Å². The number of aliphatic hydroxyl groups is 2. The van der Waals surface area contributed by atoms with Gasteiger partial charge in [0, 0.05) is 71.7 Å². The Kier molecular flexibility index (Phi) is 26.1. The number of hydrogen-bond donors (Lipinski definition) is 2. The van der Waals surface area contributed by atoms with Crippen LogP contribution in [0.15, 0.2) is 47.6 Å². The van der Waals surface area contributed by atoms with Crippen molar-refractivity contribution in [1.82, 2.24) is 4.90 Å². The van der Waals surface area contributed by atoms with Crippen molar-refractivity contribution in [2.24, 2.45) is 35.5 Å². The summed E-state index contributed by atoms with van der Waals surface area (Å²) in [6.45, 7) is 15.2. The van der Waals surface area contributed by atoms with E-state index in [1.807, 2.05) is 65.0 Å². The van der Waals surface area contributed by atoms with Crippen LogP contribution in [-0.4, -0.2) is 173 Å². The summed E-state index contributed by atoms with van der Waals surface area (Å²) in [7, 11) is 4.42. The smallest absolute Gasteiger partial charge is 0.329 e. The molecule has 0 aromatic rings. The number of Topliss-reactive ketones (excluding diaryl/α,β-unsaturated/α-hetero) is 3. The Morgan fingerprint density at radius 1 is 0.855 bits per heavy atom. The number of rotatable bonds is 13. The Morgan fingerprint density at radius 3 is 2.33 bits per heavy atom. The lowest BCUT2D eigenvalue weighted by molar-refractivity contribution is -0.277. The third-order valence-corrected chi connectivity index (χ3v) is 16.4. The predicted octanol–water partition coefficient (Wildman–Crippen LogP) is 7.03. The Labute approximate surface area is 452 Å². The van der Waals surface area contributed by atoms with Gasteiger partial charge in [-0.15, -0.1) is 0 Å². The van der Waals surface area contributed by atoms with E-state index >= 15 is 0 Å². The number of piperidine rings is 1. The fraction of sp³-hybridized carbons (Fsp3) is 0.780. The van der Waals surface area contributed by atoms with E-state index in [-0.39, 0.29) is 80.2 Å². The van der Waals surface area contributed by atoms with Crippen LogP contribution < -0.4 is 0 Å². The highest BCUT2D eigenvalue weighted by atomic mass is 16.7. The number of amides is 1. The monoisotopic (exact) mass is 1070 g/mol. The minimum atomic E-state index is -1.94. The number of allylic oxidation sites excluding steroid dienone is 6. The lowest BCUT2D eigenvalue weighted by atomic mass is 9.78. The van der Waals surface area contributed by atoms with Crippen molar-refractivity contribution in [2.45, 2.75) is 193 Å². The zero-order valence-corrected chi connectivity index (χ0v) is 47.3. The lowest BCUT2D eigenvalue weighted by Gasteiger charge is -2.45. The van der Waals surface area contributed by atoms with Crippen molar-refractivity contribution >= 4 is 29.2 Å². The van der Waals surface area contributed by atoms with Crippen LogP contribution in [0.25, 0.3) is 0 Å². The minimum Gasteiger partial charge on any atom is -0.460 e. The van der Waals surface area contributed by atoms with E-state index in [0.29, 0.717) is 89.8 Å². The number of ketones is 3. The molecule has 4 fully saturated rings. The first-order valence-electron chi connectivity index (χ1n) is 28.2. The fourth-order valence-corrected chi connectivity index (χ4v) is 11.7. The van der Waals surface area contributed by atoms with Gasteiger partial charge in [0.2, 0.25) is 5.79 Å². The Hall–Kier alpha value is -3.49. The molecule has 3 saturated heterocycles. The molecule has 4 aliphatic heterocycles. The van der Waals surface area contributed by atoms with Gasteiger partial charge in [0.15, 0.2) is 5.78 Å². The summed E-state index contributed by atoms with van der Waals surface area (Å²) in [5, 5.41) is 20.9. The van der Waals surface area contributed by atoms with E-state index < -0.39 is 77.8 Å². The van der Waals surface area contributed by atoms with Crippen molar-refractivity contribution in [3.05, 3.63) is 47.6 Å². The molecule has 16 atom stereocenters. The van der Waals surface area contributed by atoms with Crippen molar-refractivity contribution in [1.29, 1.82) is 0 Å². The first kappa shape index (κ1) is 63.3. The second-order valence-electron chi connectivity index (χ2n) is 22.4. The van der Waals surface area contributed by atoms with Crippen molar-refractivity contribution < 1.29 is 76.8 Å². The molecule has 1 aliphatic carbocycles. The van der Waals surface area contributed by atoms with Crippen molar-refractivity contribution in [3.8, 4) is 0 Å². The maximum absolute atomic E-state index is 14.8. The number of nitrogens with zero attached hydrogens (tertiary/aromatic N) is 1. The van der Waals surface area contributed by atoms with Crippen molar-refractivity contribution in [3.63, 3.8) is 0 Å². The van der Waals surface area contributed by atoms with Crippen molar-refractivity contribution in [2.75, 3.05) is 67.5 Å². The summed E-state index contributed by atoms with van der Waals surface area (Å²) in [5.74, 6) is -6.83. The number of aliphatic hydroxyl groups excluding tert-OH is 2. The Balaban J connectivity index is 1.48. The van der Waals surface area contributed by atoms with Gasteiger partial charge in [0.25, 0.3) is 11.7 Å². The molecule has 76 heavy (non-hydrogen) atoms. The van der Waals surface area contributed by atoms with Crippen LogP contribution in [0.4, 0.5) is 0 Å². The SMILES string of the molecule is CO[C@@H]1C[C@H](C[C@@H](C)[C@@H]2CC(=O)[C@H](C)/C=C(\C)[C@@H](O)[C@@H](OC)C(=O)[C@H](C)C[C@H](C)/C=C/C=C/C=C(\C)[C@H](OCC3COCCO3)C[C@@H]3CC[C@@H](C)C(OC)(O3)C(=O)C(=O)N3CCCC[C@H]3C(=O)O2)CC[C@H]1OCCCO. The number of fused-ring (bicyclic) bond motifs is 3. The molecule has 2 N–H and O–H groups in total. The van der Waals surface area contributed by atoms with Crippen LogP contribution in [0.2, 0.25) is 0 Å². The molecule has 17 nitrogen and oxygen atoms in total. The number of ether oxygens (including phenoxy) is 9. The maximum Gasteiger partial charge on any atom is 0.329 e. The average molecular weight is 1070 g/mol. The van der Waals surface area contributed by atoms with Gasteiger partial charge in [0.05, 0.1) is 50.8 Å². The lowest BCUT2D eigenvalue weighted by Crippen LogP contribution is -2.61. The van der Waals surface area contributed by atoms with E-state index in [4.69, 9.17) is 42.6 Å². The predicted molar refractivity (Wildman–Crippen MR) is 285 cm³/mol. The van der Waals surface area contributed by atoms with Crippen LogP contribution in [0.3, 0.4) is 0 Å². The van der Waals surface area contributed by atoms with Gasteiger partial charge in [-0.25, -0.2) is 4.79 Å². The van der Waals surface area contributed by atoms with E-state index in [2.05, 4.69) is 0 Å². The summed E-state index contributed by atoms with van der Waals surface area (Å²) in [6.07, 6.45) is 12.9. The van der Waals surface area contributed by atoms with Gasteiger partial charge in [-0.2, -0.15) is 0 Å². The molecule has 5 aliphatic rings. The third-order valence-electron chi connectivity index (χ3n) is 16.4. The number of methoxy groups -OCH3 is 3. The summed E-state index contributed by atoms with van der Waals surface area (Å²) >= 11 is 0. The Bertz CT molecular complexity index is 2000. The van der Waals surface area contributed by atoms with Crippen LogP contribution in [0.5, 0.6) is 0 Å². The molecule has 0 radical (unpaired) electrons. The maximum atomic E-state index is 14.8. The molecule has 1 saturated carbocycles. The molecule has 17 heteroatoms.